The Morgan fingerprint density at radius 2 is 1.92 bits per heavy atom. The Bertz CT molecular complexity index is 753. The molecule has 0 spiro atoms. The molecule has 0 atom stereocenters. The highest BCUT2D eigenvalue weighted by atomic mass is 32.1. The van der Waals surface area contributed by atoms with Gasteiger partial charge in [-0.15, -0.1) is 0 Å². The molecular weight excluding hydrogens is 330 g/mol. The number of amides is 1. The van der Waals surface area contributed by atoms with Gasteiger partial charge in [0, 0.05) is 55.6 Å². The summed E-state index contributed by atoms with van der Waals surface area (Å²) >= 11 is 1.05. The zero-order valence-corrected chi connectivity index (χ0v) is 13.6. The van der Waals surface area contributed by atoms with Crippen LogP contribution in [-0.2, 0) is 4.79 Å². The summed E-state index contributed by atoms with van der Waals surface area (Å²) in [7, 11) is 0. The molecule has 2 aromatic heterocycles. The maximum absolute atomic E-state index is 12.2. The molecule has 0 bridgehead atoms. The average molecular weight is 345 g/mol. The number of hydrogen-bond donors (Lipinski definition) is 0. The van der Waals surface area contributed by atoms with Crippen LogP contribution in [0.1, 0.15) is 4.88 Å². The summed E-state index contributed by atoms with van der Waals surface area (Å²) in [6.07, 6.45) is 6.47. The minimum absolute atomic E-state index is 0.0681. The van der Waals surface area contributed by atoms with Crippen LogP contribution in [0.15, 0.2) is 36.7 Å². The van der Waals surface area contributed by atoms with Gasteiger partial charge in [0.15, 0.2) is 0 Å². The van der Waals surface area contributed by atoms with E-state index in [1.807, 2.05) is 4.90 Å². The largest absolute Gasteiger partial charge is 0.337 e. The molecule has 1 aliphatic rings. The lowest BCUT2D eigenvalue weighted by Gasteiger charge is -2.34. The van der Waals surface area contributed by atoms with E-state index in [1.54, 1.807) is 35.5 Å². The third-order valence-electron chi connectivity index (χ3n) is 3.61. The summed E-state index contributed by atoms with van der Waals surface area (Å²) in [5.74, 6) is 0.575. The van der Waals surface area contributed by atoms with Gasteiger partial charge in [0.05, 0.1) is 4.92 Å². The molecule has 8 nitrogen and oxygen atoms in total. The monoisotopic (exact) mass is 345 g/mol. The van der Waals surface area contributed by atoms with Crippen LogP contribution in [0.3, 0.4) is 0 Å². The fraction of sp³-hybridized carbons (Fsp3) is 0.267. The summed E-state index contributed by atoms with van der Waals surface area (Å²) in [6.45, 7) is 2.53. The lowest BCUT2D eigenvalue weighted by atomic mass is 10.3. The van der Waals surface area contributed by atoms with Gasteiger partial charge in [-0.2, -0.15) is 0 Å². The molecule has 3 rings (SSSR count). The summed E-state index contributed by atoms with van der Waals surface area (Å²) < 4.78 is 0. The standard InChI is InChI=1S/C15H15N5O3S/c21-13(4-2-12-3-5-14(24-12)20(22)23)18-8-10-19(11-9-18)15-16-6-1-7-17-15/h1-7H,8-11H2/b4-2+. The first-order chi connectivity index (χ1) is 11.6. The fourth-order valence-corrected chi connectivity index (χ4v) is 3.09. The van der Waals surface area contributed by atoms with Gasteiger partial charge < -0.3 is 9.80 Å². The molecule has 1 saturated heterocycles. The van der Waals surface area contributed by atoms with E-state index >= 15 is 0 Å². The van der Waals surface area contributed by atoms with E-state index in [4.69, 9.17) is 0 Å². The Hall–Kier alpha value is -2.81. The highest BCUT2D eigenvalue weighted by molar-refractivity contribution is 7.16. The Morgan fingerprint density at radius 3 is 2.54 bits per heavy atom. The second-order valence-electron chi connectivity index (χ2n) is 5.13. The second kappa shape index (κ2) is 7.18. The molecular formula is C15H15N5O3S. The first-order valence-corrected chi connectivity index (χ1v) is 8.18. The molecule has 0 aromatic carbocycles. The van der Waals surface area contributed by atoms with Crippen molar-refractivity contribution in [3.8, 4) is 0 Å². The van der Waals surface area contributed by atoms with Crippen LogP contribution in [0.25, 0.3) is 6.08 Å². The molecule has 0 saturated carbocycles. The first-order valence-electron chi connectivity index (χ1n) is 7.36. The van der Waals surface area contributed by atoms with Gasteiger partial charge in [-0.05, 0) is 18.2 Å². The van der Waals surface area contributed by atoms with E-state index in [9.17, 15) is 14.9 Å². The smallest absolute Gasteiger partial charge is 0.324 e. The van der Waals surface area contributed by atoms with Gasteiger partial charge >= 0.3 is 5.00 Å². The number of piperazine rings is 1. The van der Waals surface area contributed by atoms with Crippen molar-refractivity contribution in [1.29, 1.82) is 0 Å². The van der Waals surface area contributed by atoms with E-state index in [2.05, 4.69) is 9.97 Å². The van der Waals surface area contributed by atoms with Crippen LogP contribution in [0.2, 0.25) is 0 Å². The maximum atomic E-state index is 12.2. The number of thiophene rings is 1. The van der Waals surface area contributed by atoms with E-state index in [-0.39, 0.29) is 10.9 Å². The Balaban J connectivity index is 1.55. The van der Waals surface area contributed by atoms with Crippen molar-refractivity contribution in [2.45, 2.75) is 0 Å². The number of carbonyl (C=O) groups is 1. The molecule has 9 heteroatoms. The van der Waals surface area contributed by atoms with Gasteiger partial charge in [-0.1, -0.05) is 11.3 Å². The highest BCUT2D eigenvalue weighted by Crippen LogP contribution is 2.24. The minimum Gasteiger partial charge on any atom is -0.337 e. The number of aromatic nitrogens is 2. The molecule has 2 aromatic rings. The normalized spacial score (nSPS) is 15.0. The summed E-state index contributed by atoms with van der Waals surface area (Å²) in [6, 6.07) is 4.84. The fourth-order valence-electron chi connectivity index (χ4n) is 2.37. The zero-order chi connectivity index (χ0) is 16.9. The van der Waals surface area contributed by atoms with Crippen molar-refractivity contribution in [2.24, 2.45) is 0 Å². The number of nitrogens with zero attached hydrogens (tertiary/aromatic N) is 5. The Labute approximate surface area is 142 Å². The van der Waals surface area contributed by atoms with Gasteiger partial charge in [-0.25, -0.2) is 9.97 Å². The van der Waals surface area contributed by atoms with Crippen LogP contribution in [0.4, 0.5) is 10.9 Å². The van der Waals surface area contributed by atoms with Gasteiger partial charge in [0.1, 0.15) is 0 Å². The molecule has 1 amide bonds. The second-order valence-corrected chi connectivity index (χ2v) is 6.22. The quantitative estimate of drug-likeness (QED) is 0.477. The van der Waals surface area contributed by atoms with Gasteiger partial charge in [-0.3, -0.25) is 14.9 Å². The van der Waals surface area contributed by atoms with Crippen molar-refractivity contribution < 1.29 is 9.72 Å². The molecule has 124 valence electrons. The number of rotatable bonds is 4. The van der Waals surface area contributed by atoms with Crippen molar-refractivity contribution in [2.75, 3.05) is 31.1 Å². The predicted octanol–water partition coefficient (Wildman–Crippen LogP) is 1.81. The van der Waals surface area contributed by atoms with Gasteiger partial charge in [0.2, 0.25) is 11.9 Å². The van der Waals surface area contributed by atoms with Gasteiger partial charge in [0.25, 0.3) is 0 Å². The van der Waals surface area contributed by atoms with Crippen molar-refractivity contribution in [3.05, 3.63) is 51.7 Å². The SMILES string of the molecule is O=C(/C=C/c1ccc([N+](=O)[O-])s1)N1CCN(c2ncccn2)CC1. The summed E-state index contributed by atoms with van der Waals surface area (Å²) in [5, 5.41) is 10.7. The van der Waals surface area contributed by atoms with E-state index in [0.717, 1.165) is 11.3 Å². The molecule has 3 heterocycles. The first kappa shape index (κ1) is 16.1. The molecule has 0 radical (unpaired) electrons. The van der Waals surface area contributed by atoms with Crippen molar-refractivity contribution in [3.63, 3.8) is 0 Å². The van der Waals surface area contributed by atoms with E-state index < -0.39 is 4.92 Å². The molecule has 1 fully saturated rings. The van der Waals surface area contributed by atoms with Crippen molar-refractivity contribution in [1.82, 2.24) is 14.9 Å². The maximum Gasteiger partial charge on any atom is 0.324 e. The molecule has 0 aliphatic carbocycles. The van der Waals surface area contributed by atoms with Crippen LogP contribution in [-0.4, -0.2) is 51.9 Å². The number of carbonyl (C=O) groups excluding carboxylic acids is 1. The number of hydrogen-bond acceptors (Lipinski definition) is 7. The third-order valence-corrected chi connectivity index (χ3v) is 4.61. The van der Waals surface area contributed by atoms with E-state index in [1.165, 1.54) is 12.1 Å². The van der Waals surface area contributed by atoms with Crippen molar-refractivity contribution >= 4 is 34.3 Å². The molecule has 0 N–H and O–H groups in total. The average Bonchev–Trinajstić information content (AvgIpc) is 3.10. The highest BCUT2D eigenvalue weighted by Gasteiger charge is 2.21. The molecule has 0 unspecified atom stereocenters. The topological polar surface area (TPSA) is 92.5 Å². The minimum atomic E-state index is -0.436. The Morgan fingerprint density at radius 1 is 1.21 bits per heavy atom. The number of nitro groups is 1. The summed E-state index contributed by atoms with van der Waals surface area (Å²) in [4.78, 5) is 35.3. The molecule has 1 aliphatic heterocycles. The predicted molar refractivity (Wildman–Crippen MR) is 90.8 cm³/mol. The van der Waals surface area contributed by atoms with E-state index in [0.29, 0.717) is 37.0 Å². The molecule has 24 heavy (non-hydrogen) atoms. The zero-order valence-electron chi connectivity index (χ0n) is 12.7. The van der Waals surface area contributed by atoms with Crippen LogP contribution >= 0.6 is 11.3 Å². The lowest BCUT2D eigenvalue weighted by molar-refractivity contribution is -0.380. The van der Waals surface area contributed by atoms with Crippen LogP contribution in [0.5, 0.6) is 0 Å². The van der Waals surface area contributed by atoms with Crippen LogP contribution < -0.4 is 4.90 Å². The lowest BCUT2D eigenvalue weighted by Crippen LogP contribution is -2.48. The van der Waals surface area contributed by atoms with Crippen LogP contribution in [0, 0.1) is 10.1 Å². The third kappa shape index (κ3) is 3.74. The summed E-state index contributed by atoms with van der Waals surface area (Å²) in [5.41, 5.74) is 0. The number of anilines is 1. The Kier molecular flexibility index (Phi) is 4.80.